The van der Waals surface area contributed by atoms with Crippen LogP contribution >= 0.6 is 0 Å². The van der Waals surface area contributed by atoms with Gasteiger partial charge in [0.2, 0.25) is 5.91 Å². The smallest absolute Gasteiger partial charge is 0.251 e. The van der Waals surface area contributed by atoms with E-state index in [1.165, 1.54) is 44.1 Å². The molecule has 1 aromatic rings. The lowest BCUT2D eigenvalue weighted by Gasteiger charge is -2.56. The largest absolute Gasteiger partial charge is 0.354 e. The summed E-state index contributed by atoms with van der Waals surface area (Å²) in [6, 6.07) is 7.76. The molecule has 2 N–H and O–H groups in total. The summed E-state index contributed by atoms with van der Waals surface area (Å²) in [5, 5.41) is 5.94. The molecule has 4 fully saturated rings. The zero-order chi connectivity index (χ0) is 19.7. The molecule has 0 aromatic heterocycles. The number of carbonyl (C=O) groups is 2. The molecule has 4 saturated carbocycles. The van der Waals surface area contributed by atoms with Crippen molar-refractivity contribution < 1.29 is 9.59 Å². The van der Waals surface area contributed by atoms with Crippen molar-refractivity contribution in [3.05, 3.63) is 35.4 Å². The highest BCUT2D eigenvalue weighted by molar-refractivity contribution is 5.94. The van der Waals surface area contributed by atoms with Gasteiger partial charge in [-0.25, -0.2) is 0 Å². The van der Waals surface area contributed by atoms with Crippen LogP contribution in [0.15, 0.2) is 24.3 Å². The van der Waals surface area contributed by atoms with Gasteiger partial charge in [0.25, 0.3) is 5.91 Å². The topological polar surface area (TPSA) is 58.2 Å². The highest BCUT2D eigenvalue weighted by Gasteiger charge is 2.51. The molecule has 0 atom stereocenters. The summed E-state index contributed by atoms with van der Waals surface area (Å²) in [7, 11) is 0. The van der Waals surface area contributed by atoms with Crippen molar-refractivity contribution >= 4 is 11.8 Å². The third kappa shape index (κ3) is 4.26. The molecule has 2 amide bonds. The molecule has 1 aromatic carbocycles. The second kappa shape index (κ2) is 7.88. The van der Waals surface area contributed by atoms with Crippen LogP contribution in [0.5, 0.6) is 0 Å². The number of hydrogen-bond donors (Lipinski definition) is 2. The van der Waals surface area contributed by atoms with Gasteiger partial charge in [0, 0.05) is 25.1 Å². The number of carbonyl (C=O) groups excluding carboxylic acids is 2. The number of hydrogen-bond acceptors (Lipinski definition) is 2. The standard InChI is InChI=1S/C24H34N2O2/c1-16(2)20-3-5-21(6-4-20)23(28)26-8-7-25-22(27)15-24-12-17-9-18(13-24)11-19(10-17)14-24/h3-6,16-19H,7-15H2,1-2H3,(H,25,27)(H,26,28). The maximum absolute atomic E-state index is 12.5. The minimum atomic E-state index is -0.0781. The summed E-state index contributed by atoms with van der Waals surface area (Å²) in [6.45, 7) is 5.25. The lowest BCUT2D eigenvalue weighted by molar-refractivity contribution is -0.129. The molecule has 0 aliphatic heterocycles. The minimum Gasteiger partial charge on any atom is -0.354 e. The van der Waals surface area contributed by atoms with Crippen LogP contribution in [-0.2, 0) is 4.79 Å². The Morgan fingerprint density at radius 3 is 2.00 bits per heavy atom. The molecule has 4 heteroatoms. The third-order valence-corrected chi connectivity index (χ3v) is 7.27. The first-order valence-corrected chi connectivity index (χ1v) is 11.1. The summed E-state index contributed by atoms with van der Waals surface area (Å²) in [6.07, 6.45) is 8.68. The average molecular weight is 383 g/mol. The highest BCUT2D eigenvalue weighted by atomic mass is 16.2. The fourth-order valence-corrected chi connectivity index (χ4v) is 6.41. The SMILES string of the molecule is CC(C)c1ccc(C(=O)NCCNC(=O)CC23CC4CC(CC(C4)C2)C3)cc1. The number of nitrogens with one attached hydrogen (secondary N) is 2. The zero-order valence-corrected chi connectivity index (χ0v) is 17.3. The highest BCUT2D eigenvalue weighted by Crippen LogP contribution is 2.61. The second-order valence-corrected chi connectivity index (χ2v) is 9.98. The van der Waals surface area contributed by atoms with E-state index in [2.05, 4.69) is 24.5 Å². The van der Waals surface area contributed by atoms with Gasteiger partial charge in [0.1, 0.15) is 0 Å². The van der Waals surface area contributed by atoms with E-state index >= 15 is 0 Å². The monoisotopic (exact) mass is 382 g/mol. The summed E-state index contributed by atoms with van der Waals surface area (Å²) >= 11 is 0. The van der Waals surface area contributed by atoms with E-state index in [1.54, 1.807) is 0 Å². The molecule has 0 saturated heterocycles. The van der Waals surface area contributed by atoms with E-state index in [1.807, 2.05) is 24.3 Å². The van der Waals surface area contributed by atoms with Crippen molar-refractivity contribution in [3.8, 4) is 0 Å². The van der Waals surface area contributed by atoms with Crippen LogP contribution in [0.3, 0.4) is 0 Å². The number of amides is 2. The molecule has 4 aliphatic rings. The van der Waals surface area contributed by atoms with Crippen LogP contribution < -0.4 is 10.6 Å². The molecule has 4 bridgehead atoms. The summed E-state index contributed by atoms with van der Waals surface area (Å²) in [4.78, 5) is 24.8. The quantitative estimate of drug-likeness (QED) is 0.692. The maximum Gasteiger partial charge on any atom is 0.251 e. The first-order chi connectivity index (χ1) is 13.4. The molecule has 28 heavy (non-hydrogen) atoms. The summed E-state index contributed by atoms with van der Waals surface area (Å²) < 4.78 is 0. The van der Waals surface area contributed by atoms with E-state index in [9.17, 15) is 9.59 Å². The van der Waals surface area contributed by atoms with E-state index in [0.29, 0.717) is 31.0 Å². The van der Waals surface area contributed by atoms with Crippen LogP contribution in [0.4, 0.5) is 0 Å². The Balaban J connectivity index is 1.19. The minimum absolute atomic E-state index is 0.0781. The van der Waals surface area contributed by atoms with Gasteiger partial charge in [0.05, 0.1) is 0 Å². The molecular weight excluding hydrogens is 348 g/mol. The fourth-order valence-electron chi connectivity index (χ4n) is 6.41. The summed E-state index contributed by atoms with van der Waals surface area (Å²) in [5.41, 5.74) is 2.18. The Morgan fingerprint density at radius 2 is 1.46 bits per heavy atom. The van der Waals surface area contributed by atoms with Gasteiger partial charge in [-0.3, -0.25) is 9.59 Å². The first-order valence-electron chi connectivity index (χ1n) is 11.1. The molecule has 0 heterocycles. The Hall–Kier alpha value is -1.84. The lowest BCUT2D eigenvalue weighted by Crippen LogP contribution is -2.48. The number of benzene rings is 1. The average Bonchev–Trinajstić information content (AvgIpc) is 2.63. The van der Waals surface area contributed by atoms with Gasteiger partial charge >= 0.3 is 0 Å². The van der Waals surface area contributed by atoms with Gasteiger partial charge in [-0.05, 0) is 85.3 Å². The predicted molar refractivity (Wildman–Crippen MR) is 111 cm³/mol. The van der Waals surface area contributed by atoms with Crippen LogP contribution in [0.25, 0.3) is 0 Å². The van der Waals surface area contributed by atoms with Crippen LogP contribution in [0.1, 0.15) is 80.6 Å². The molecular formula is C24H34N2O2. The normalized spacial score (nSPS) is 30.5. The third-order valence-electron chi connectivity index (χ3n) is 7.27. The molecule has 152 valence electrons. The van der Waals surface area contributed by atoms with Gasteiger partial charge < -0.3 is 10.6 Å². The van der Waals surface area contributed by atoms with Crippen molar-refractivity contribution in [2.45, 2.75) is 64.7 Å². The fraction of sp³-hybridized carbons (Fsp3) is 0.667. The molecule has 5 rings (SSSR count). The number of rotatable bonds is 7. The van der Waals surface area contributed by atoms with E-state index < -0.39 is 0 Å². The Kier molecular flexibility index (Phi) is 5.48. The van der Waals surface area contributed by atoms with Crippen LogP contribution in [-0.4, -0.2) is 24.9 Å². The second-order valence-electron chi connectivity index (χ2n) is 9.98. The zero-order valence-electron chi connectivity index (χ0n) is 17.3. The Morgan fingerprint density at radius 1 is 0.929 bits per heavy atom. The Bertz CT molecular complexity index is 687. The van der Waals surface area contributed by atoms with Gasteiger partial charge in [-0.1, -0.05) is 26.0 Å². The van der Waals surface area contributed by atoms with E-state index in [0.717, 1.165) is 17.8 Å². The van der Waals surface area contributed by atoms with Crippen molar-refractivity contribution in [3.63, 3.8) is 0 Å². The maximum atomic E-state index is 12.5. The van der Waals surface area contributed by atoms with Crippen molar-refractivity contribution in [2.24, 2.45) is 23.2 Å². The van der Waals surface area contributed by atoms with Crippen molar-refractivity contribution in [1.82, 2.24) is 10.6 Å². The van der Waals surface area contributed by atoms with Gasteiger partial charge in [-0.15, -0.1) is 0 Å². The molecule has 0 spiro atoms. The predicted octanol–water partition coefficient (Wildman–Crippen LogP) is 4.26. The van der Waals surface area contributed by atoms with E-state index in [4.69, 9.17) is 0 Å². The van der Waals surface area contributed by atoms with Crippen LogP contribution in [0, 0.1) is 23.2 Å². The summed E-state index contributed by atoms with van der Waals surface area (Å²) in [5.74, 6) is 3.17. The van der Waals surface area contributed by atoms with Gasteiger partial charge in [-0.2, -0.15) is 0 Å². The van der Waals surface area contributed by atoms with Crippen molar-refractivity contribution in [2.75, 3.05) is 13.1 Å². The molecule has 0 unspecified atom stereocenters. The van der Waals surface area contributed by atoms with Crippen LogP contribution in [0.2, 0.25) is 0 Å². The molecule has 4 aliphatic carbocycles. The van der Waals surface area contributed by atoms with Crippen molar-refractivity contribution in [1.29, 1.82) is 0 Å². The van der Waals surface area contributed by atoms with E-state index in [-0.39, 0.29) is 17.2 Å². The molecule has 0 radical (unpaired) electrons. The Labute approximate surface area is 168 Å². The first kappa shape index (κ1) is 19.5. The van der Waals surface area contributed by atoms with Gasteiger partial charge in [0.15, 0.2) is 0 Å². The molecule has 4 nitrogen and oxygen atoms in total. The lowest BCUT2D eigenvalue weighted by atomic mass is 9.49.